The summed E-state index contributed by atoms with van der Waals surface area (Å²) in [6.07, 6.45) is 0.0450. The standard InChI is InChI=1S/C10H12FNO2/c1-2-14-9-4-3-7(5-8(9)11)6-10(12)13/h3-5H,2,6H2,1H3,(H2,12,13). The maximum absolute atomic E-state index is 13.2. The Kier molecular flexibility index (Phi) is 3.45. The van der Waals surface area contributed by atoms with Crippen molar-refractivity contribution in [3.05, 3.63) is 29.6 Å². The van der Waals surface area contributed by atoms with Crippen molar-refractivity contribution in [2.45, 2.75) is 13.3 Å². The van der Waals surface area contributed by atoms with Gasteiger partial charge in [0.1, 0.15) is 0 Å². The minimum atomic E-state index is -0.478. The Morgan fingerprint density at radius 2 is 2.29 bits per heavy atom. The molecule has 0 radical (unpaired) electrons. The van der Waals surface area contributed by atoms with Crippen LogP contribution in [0.4, 0.5) is 4.39 Å². The molecule has 2 N–H and O–H groups in total. The van der Waals surface area contributed by atoms with Crippen molar-refractivity contribution < 1.29 is 13.9 Å². The summed E-state index contributed by atoms with van der Waals surface area (Å²) < 4.78 is 18.2. The summed E-state index contributed by atoms with van der Waals surface area (Å²) in [4.78, 5) is 10.6. The van der Waals surface area contributed by atoms with Gasteiger partial charge in [0.2, 0.25) is 5.91 Å². The van der Waals surface area contributed by atoms with Gasteiger partial charge in [0.15, 0.2) is 11.6 Å². The first-order valence-corrected chi connectivity index (χ1v) is 4.33. The van der Waals surface area contributed by atoms with Crippen LogP contribution in [0.25, 0.3) is 0 Å². The SMILES string of the molecule is CCOc1ccc(CC(N)=O)cc1F. The number of ether oxygens (including phenoxy) is 1. The zero-order valence-corrected chi connectivity index (χ0v) is 7.92. The summed E-state index contributed by atoms with van der Waals surface area (Å²) in [5.41, 5.74) is 5.53. The number of hydrogen-bond donors (Lipinski definition) is 1. The maximum atomic E-state index is 13.2. The summed E-state index contributed by atoms with van der Waals surface area (Å²) in [6, 6.07) is 4.38. The summed E-state index contributed by atoms with van der Waals surface area (Å²) in [5, 5.41) is 0. The van der Waals surface area contributed by atoms with Crippen LogP contribution in [0.1, 0.15) is 12.5 Å². The largest absolute Gasteiger partial charge is 0.491 e. The fourth-order valence-corrected chi connectivity index (χ4v) is 1.13. The molecule has 0 aromatic heterocycles. The predicted octanol–water partition coefficient (Wildman–Crippen LogP) is 1.25. The highest BCUT2D eigenvalue weighted by molar-refractivity contribution is 5.76. The molecule has 1 amide bonds. The van der Waals surface area contributed by atoms with Crippen LogP contribution in [0.3, 0.4) is 0 Å². The number of hydrogen-bond acceptors (Lipinski definition) is 2. The Balaban J connectivity index is 2.83. The van der Waals surface area contributed by atoms with Gasteiger partial charge in [-0.3, -0.25) is 4.79 Å². The van der Waals surface area contributed by atoms with Crippen molar-refractivity contribution in [1.82, 2.24) is 0 Å². The number of primary amides is 1. The maximum Gasteiger partial charge on any atom is 0.221 e. The average Bonchev–Trinajstić information content (AvgIpc) is 2.09. The molecule has 4 heteroatoms. The van der Waals surface area contributed by atoms with Crippen LogP contribution < -0.4 is 10.5 Å². The van der Waals surface area contributed by atoms with E-state index in [1.54, 1.807) is 13.0 Å². The number of carbonyl (C=O) groups is 1. The van der Waals surface area contributed by atoms with Gasteiger partial charge >= 0.3 is 0 Å². The van der Waals surface area contributed by atoms with Crippen LogP contribution in [0.15, 0.2) is 18.2 Å². The quantitative estimate of drug-likeness (QED) is 0.789. The van der Waals surface area contributed by atoms with E-state index in [1.807, 2.05) is 0 Å². The van der Waals surface area contributed by atoms with Crippen molar-refractivity contribution in [2.24, 2.45) is 5.73 Å². The highest BCUT2D eigenvalue weighted by atomic mass is 19.1. The number of rotatable bonds is 4. The second kappa shape index (κ2) is 4.60. The lowest BCUT2D eigenvalue weighted by atomic mass is 10.1. The zero-order valence-electron chi connectivity index (χ0n) is 7.92. The van der Waals surface area contributed by atoms with Crippen LogP contribution in [0.2, 0.25) is 0 Å². The Bertz CT molecular complexity index is 339. The summed E-state index contributed by atoms with van der Waals surface area (Å²) in [6.45, 7) is 2.18. The Morgan fingerprint density at radius 3 is 2.79 bits per heavy atom. The average molecular weight is 197 g/mol. The molecule has 14 heavy (non-hydrogen) atoms. The molecular weight excluding hydrogens is 185 g/mol. The van der Waals surface area contributed by atoms with E-state index in [0.29, 0.717) is 12.2 Å². The highest BCUT2D eigenvalue weighted by Crippen LogP contribution is 2.18. The Hall–Kier alpha value is -1.58. The number of benzene rings is 1. The zero-order chi connectivity index (χ0) is 10.6. The van der Waals surface area contributed by atoms with E-state index in [9.17, 15) is 9.18 Å². The molecule has 0 saturated heterocycles. The Morgan fingerprint density at radius 1 is 1.57 bits per heavy atom. The predicted molar refractivity (Wildman–Crippen MR) is 50.5 cm³/mol. The second-order valence-electron chi connectivity index (χ2n) is 2.84. The third kappa shape index (κ3) is 2.73. The van der Waals surface area contributed by atoms with Crippen LogP contribution >= 0.6 is 0 Å². The van der Waals surface area contributed by atoms with E-state index in [4.69, 9.17) is 10.5 Å². The lowest BCUT2D eigenvalue weighted by Gasteiger charge is -2.05. The monoisotopic (exact) mass is 197 g/mol. The molecule has 0 spiro atoms. The number of amides is 1. The normalized spacial score (nSPS) is 9.86. The second-order valence-corrected chi connectivity index (χ2v) is 2.84. The third-order valence-corrected chi connectivity index (χ3v) is 1.67. The molecule has 0 fully saturated rings. The van der Waals surface area contributed by atoms with Crippen molar-refractivity contribution in [2.75, 3.05) is 6.61 Å². The van der Waals surface area contributed by atoms with Gasteiger partial charge in [0.05, 0.1) is 13.0 Å². The lowest BCUT2D eigenvalue weighted by molar-refractivity contribution is -0.117. The molecule has 0 aliphatic rings. The van der Waals surface area contributed by atoms with Crippen LogP contribution in [0, 0.1) is 5.82 Å². The summed E-state index contributed by atoms with van der Waals surface area (Å²) in [7, 11) is 0. The van der Waals surface area contributed by atoms with Crippen LogP contribution in [-0.2, 0) is 11.2 Å². The minimum absolute atomic E-state index is 0.0450. The first-order chi connectivity index (χ1) is 6.63. The molecule has 76 valence electrons. The van der Waals surface area contributed by atoms with Crippen molar-refractivity contribution in [3.63, 3.8) is 0 Å². The fraction of sp³-hybridized carbons (Fsp3) is 0.300. The van der Waals surface area contributed by atoms with Gasteiger partial charge in [-0.25, -0.2) is 4.39 Å². The van der Waals surface area contributed by atoms with Crippen molar-refractivity contribution in [3.8, 4) is 5.75 Å². The number of nitrogens with two attached hydrogens (primary N) is 1. The first kappa shape index (κ1) is 10.5. The summed E-state index contributed by atoms with van der Waals surface area (Å²) in [5.74, 6) is -0.750. The first-order valence-electron chi connectivity index (χ1n) is 4.33. The smallest absolute Gasteiger partial charge is 0.221 e. The molecule has 0 aliphatic heterocycles. The molecule has 0 unspecified atom stereocenters. The van der Waals surface area contributed by atoms with Crippen molar-refractivity contribution >= 4 is 5.91 Å². The topological polar surface area (TPSA) is 52.3 Å². The number of carbonyl (C=O) groups excluding carboxylic acids is 1. The van der Waals surface area contributed by atoms with Crippen molar-refractivity contribution in [1.29, 1.82) is 0 Å². The molecule has 0 atom stereocenters. The van der Waals surface area contributed by atoms with Gasteiger partial charge in [0, 0.05) is 0 Å². The van der Waals surface area contributed by atoms with E-state index >= 15 is 0 Å². The molecule has 0 aliphatic carbocycles. The molecule has 3 nitrogen and oxygen atoms in total. The minimum Gasteiger partial charge on any atom is -0.491 e. The third-order valence-electron chi connectivity index (χ3n) is 1.67. The van der Waals surface area contributed by atoms with E-state index in [1.165, 1.54) is 12.1 Å². The molecule has 1 rings (SSSR count). The van der Waals surface area contributed by atoms with Crippen LogP contribution in [-0.4, -0.2) is 12.5 Å². The van der Waals surface area contributed by atoms with E-state index < -0.39 is 11.7 Å². The van der Waals surface area contributed by atoms with Gasteiger partial charge in [-0.05, 0) is 24.6 Å². The molecule has 0 heterocycles. The molecule has 0 saturated carbocycles. The molecule has 0 bridgehead atoms. The van der Waals surface area contributed by atoms with Gasteiger partial charge in [-0.2, -0.15) is 0 Å². The molecule has 1 aromatic carbocycles. The highest BCUT2D eigenvalue weighted by Gasteiger charge is 2.05. The fourth-order valence-electron chi connectivity index (χ4n) is 1.13. The van der Waals surface area contributed by atoms with E-state index in [0.717, 1.165) is 0 Å². The van der Waals surface area contributed by atoms with E-state index in [-0.39, 0.29) is 12.2 Å². The molecule has 1 aromatic rings. The van der Waals surface area contributed by atoms with E-state index in [2.05, 4.69) is 0 Å². The van der Waals surface area contributed by atoms with Crippen LogP contribution in [0.5, 0.6) is 5.75 Å². The number of halogens is 1. The van der Waals surface area contributed by atoms with Gasteiger partial charge in [-0.1, -0.05) is 6.07 Å². The summed E-state index contributed by atoms with van der Waals surface area (Å²) >= 11 is 0. The lowest BCUT2D eigenvalue weighted by Crippen LogP contribution is -2.13. The van der Waals surface area contributed by atoms with Gasteiger partial charge in [0.25, 0.3) is 0 Å². The Labute approximate surface area is 81.7 Å². The molecular formula is C10H12FNO2. The van der Waals surface area contributed by atoms with Gasteiger partial charge in [-0.15, -0.1) is 0 Å². The van der Waals surface area contributed by atoms with Gasteiger partial charge < -0.3 is 10.5 Å².